The van der Waals surface area contributed by atoms with Crippen LogP contribution < -0.4 is 5.19 Å². The van der Waals surface area contributed by atoms with Crippen molar-refractivity contribution in [1.29, 1.82) is 0 Å². The molecule has 0 N–H and O–H groups in total. The fraction of sp³-hybridized carbons (Fsp3) is 0.167. The highest BCUT2D eigenvalue weighted by molar-refractivity contribution is 6.51. The van der Waals surface area contributed by atoms with E-state index in [1.165, 1.54) is 16.3 Å². The van der Waals surface area contributed by atoms with Crippen LogP contribution in [-0.2, 0) is 0 Å². The molecule has 0 saturated heterocycles. The topological polar surface area (TPSA) is 0 Å². The van der Waals surface area contributed by atoms with E-state index in [2.05, 4.69) is 49.0 Å². The Labute approximate surface area is 81.8 Å². The Morgan fingerprint density at radius 2 is 2.23 bits per heavy atom. The van der Waals surface area contributed by atoms with Crippen LogP contribution in [0.4, 0.5) is 0 Å². The fourth-order valence-corrected chi connectivity index (χ4v) is 2.10. The zero-order valence-electron chi connectivity index (χ0n) is 7.75. The second-order valence-electron chi connectivity index (χ2n) is 3.15. The zero-order valence-corrected chi connectivity index (χ0v) is 8.75. The standard InChI is InChI=1S/C12H12Si/c1-13-12-8-4-7-11(9-12)10-5-2-3-6-10/h2-5,7-9H,6H2,1H3. The quantitative estimate of drug-likeness (QED) is 0.619. The minimum absolute atomic E-state index is 0.895. The monoisotopic (exact) mass is 184 g/mol. The van der Waals surface area contributed by atoms with Gasteiger partial charge >= 0.3 is 0 Å². The van der Waals surface area contributed by atoms with Gasteiger partial charge in [0.15, 0.2) is 0 Å². The van der Waals surface area contributed by atoms with E-state index in [0.29, 0.717) is 0 Å². The Morgan fingerprint density at radius 1 is 1.31 bits per heavy atom. The van der Waals surface area contributed by atoms with Crippen LogP contribution in [0, 0.1) is 0 Å². The van der Waals surface area contributed by atoms with Gasteiger partial charge in [0.05, 0.1) is 9.52 Å². The number of hydrogen-bond donors (Lipinski definition) is 0. The molecule has 0 saturated carbocycles. The third-order valence-electron chi connectivity index (χ3n) is 2.29. The first kappa shape index (κ1) is 8.51. The van der Waals surface area contributed by atoms with Crippen LogP contribution in [0.15, 0.2) is 42.5 Å². The molecule has 64 valence electrons. The van der Waals surface area contributed by atoms with E-state index in [0.717, 1.165) is 15.9 Å². The van der Waals surface area contributed by atoms with Crippen LogP contribution in [0.5, 0.6) is 0 Å². The molecule has 1 heteroatoms. The Balaban J connectivity index is 2.30. The van der Waals surface area contributed by atoms with Crippen molar-refractivity contribution in [3.8, 4) is 0 Å². The summed E-state index contributed by atoms with van der Waals surface area (Å²) in [4.78, 5) is 0. The van der Waals surface area contributed by atoms with Gasteiger partial charge in [0.25, 0.3) is 0 Å². The maximum Gasteiger partial charge on any atom is 0.0773 e. The van der Waals surface area contributed by atoms with Crippen molar-refractivity contribution in [3.63, 3.8) is 0 Å². The van der Waals surface area contributed by atoms with Crippen molar-refractivity contribution in [2.24, 2.45) is 0 Å². The summed E-state index contributed by atoms with van der Waals surface area (Å²) >= 11 is 0. The normalized spacial score (nSPS) is 14.7. The molecule has 1 aromatic carbocycles. The summed E-state index contributed by atoms with van der Waals surface area (Å²) in [5.41, 5.74) is 2.83. The highest BCUT2D eigenvalue weighted by Crippen LogP contribution is 2.21. The Kier molecular flexibility index (Phi) is 2.46. The summed E-state index contributed by atoms with van der Waals surface area (Å²) in [6.45, 7) is 2.22. The van der Waals surface area contributed by atoms with Crippen LogP contribution in [-0.4, -0.2) is 9.52 Å². The van der Waals surface area contributed by atoms with Gasteiger partial charge in [-0.2, -0.15) is 0 Å². The lowest BCUT2D eigenvalue weighted by Crippen LogP contribution is -2.09. The minimum atomic E-state index is 0.895. The molecule has 0 amide bonds. The van der Waals surface area contributed by atoms with Crippen LogP contribution in [0.3, 0.4) is 0 Å². The van der Waals surface area contributed by atoms with E-state index in [-0.39, 0.29) is 0 Å². The second-order valence-corrected chi connectivity index (χ2v) is 4.23. The number of rotatable bonds is 2. The third-order valence-corrected chi connectivity index (χ3v) is 3.18. The lowest BCUT2D eigenvalue weighted by molar-refractivity contribution is 1.44. The van der Waals surface area contributed by atoms with E-state index in [1.54, 1.807) is 0 Å². The maximum absolute atomic E-state index is 2.30. The fourth-order valence-electron chi connectivity index (χ4n) is 1.54. The number of allylic oxidation sites excluding steroid dienone is 4. The first-order valence-electron chi connectivity index (χ1n) is 4.54. The molecule has 0 bridgehead atoms. The largest absolute Gasteiger partial charge is 0.0801 e. The van der Waals surface area contributed by atoms with Crippen molar-refractivity contribution in [2.45, 2.75) is 13.0 Å². The highest BCUT2D eigenvalue weighted by atomic mass is 28.2. The molecule has 1 aliphatic rings. The van der Waals surface area contributed by atoms with E-state index in [9.17, 15) is 0 Å². The molecule has 2 radical (unpaired) electrons. The van der Waals surface area contributed by atoms with Crippen molar-refractivity contribution >= 4 is 20.3 Å². The van der Waals surface area contributed by atoms with Crippen LogP contribution >= 0.6 is 0 Å². The summed E-state index contributed by atoms with van der Waals surface area (Å²) in [5, 5.41) is 1.45. The number of benzene rings is 1. The summed E-state index contributed by atoms with van der Waals surface area (Å²) in [6, 6.07) is 8.85. The Hall–Kier alpha value is -1.08. The van der Waals surface area contributed by atoms with Gasteiger partial charge in [-0.1, -0.05) is 54.2 Å². The first-order chi connectivity index (χ1) is 6.40. The smallest absolute Gasteiger partial charge is 0.0773 e. The molecule has 0 atom stereocenters. The van der Waals surface area contributed by atoms with Gasteiger partial charge < -0.3 is 0 Å². The maximum atomic E-state index is 2.30. The summed E-state index contributed by atoms with van der Waals surface area (Å²) < 4.78 is 0. The second kappa shape index (κ2) is 3.75. The molecule has 1 aromatic rings. The van der Waals surface area contributed by atoms with Gasteiger partial charge in [0.1, 0.15) is 0 Å². The molecule has 13 heavy (non-hydrogen) atoms. The molecule has 0 unspecified atom stereocenters. The average molecular weight is 184 g/mol. The molecule has 0 aromatic heterocycles. The van der Waals surface area contributed by atoms with E-state index in [4.69, 9.17) is 0 Å². The summed E-state index contributed by atoms with van der Waals surface area (Å²) in [5.74, 6) is 0. The van der Waals surface area contributed by atoms with Crippen LogP contribution in [0.25, 0.3) is 5.57 Å². The molecule has 2 rings (SSSR count). The van der Waals surface area contributed by atoms with Crippen molar-refractivity contribution in [1.82, 2.24) is 0 Å². The lowest BCUT2D eigenvalue weighted by atomic mass is 10.1. The van der Waals surface area contributed by atoms with Crippen LogP contribution in [0.1, 0.15) is 12.0 Å². The minimum Gasteiger partial charge on any atom is -0.0801 e. The number of hydrogen-bond acceptors (Lipinski definition) is 0. The molecular weight excluding hydrogens is 172 g/mol. The predicted octanol–water partition coefficient (Wildman–Crippen LogP) is 2.41. The van der Waals surface area contributed by atoms with Gasteiger partial charge in [-0.15, -0.1) is 0 Å². The van der Waals surface area contributed by atoms with Gasteiger partial charge in [-0.05, 0) is 17.6 Å². The molecule has 0 nitrogen and oxygen atoms in total. The molecule has 0 spiro atoms. The van der Waals surface area contributed by atoms with Gasteiger partial charge in [-0.25, -0.2) is 0 Å². The SMILES string of the molecule is C[Si]c1cccc(C2=CC=CC2)c1. The Morgan fingerprint density at radius 3 is 2.92 bits per heavy atom. The van der Waals surface area contributed by atoms with E-state index >= 15 is 0 Å². The third kappa shape index (κ3) is 1.81. The van der Waals surface area contributed by atoms with E-state index < -0.39 is 0 Å². The molecular formula is C12H12Si. The van der Waals surface area contributed by atoms with Gasteiger partial charge in [-0.3, -0.25) is 0 Å². The highest BCUT2D eigenvalue weighted by Gasteiger charge is 2.02. The van der Waals surface area contributed by atoms with Gasteiger partial charge in [0.2, 0.25) is 0 Å². The van der Waals surface area contributed by atoms with Crippen LogP contribution in [0.2, 0.25) is 6.55 Å². The van der Waals surface area contributed by atoms with Crippen molar-refractivity contribution < 1.29 is 0 Å². The summed E-state index contributed by atoms with van der Waals surface area (Å²) in [6.07, 6.45) is 7.64. The van der Waals surface area contributed by atoms with E-state index in [1.807, 2.05) is 0 Å². The van der Waals surface area contributed by atoms with Crippen molar-refractivity contribution in [3.05, 3.63) is 48.1 Å². The molecule has 0 heterocycles. The lowest BCUT2D eigenvalue weighted by Gasteiger charge is -2.03. The summed E-state index contributed by atoms with van der Waals surface area (Å²) in [7, 11) is 0.895. The average Bonchev–Trinajstić information content (AvgIpc) is 2.71. The Bertz CT molecular complexity index is 361. The molecule has 1 aliphatic carbocycles. The molecule has 0 fully saturated rings. The van der Waals surface area contributed by atoms with Crippen molar-refractivity contribution in [2.75, 3.05) is 0 Å². The molecule has 0 aliphatic heterocycles. The predicted molar refractivity (Wildman–Crippen MR) is 59.4 cm³/mol. The first-order valence-corrected chi connectivity index (χ1v) is 6.04. The zero-order chi connectivity index (χ0) is 9.10. The van der Waals surface area contributed by atoms with Gasteiger partial charge in [0, 0.05) is 0 Å².